The van der Waals surface area contributed by atoms with E-state index in [1.807, 2.05) is 38.1 Å². The number of amides is 1. The number of halogens is 1. The fraction of sp³-hybridized carbons (Fsp3) is 0.417. The summed E-state index contributed by atoms with van der Waals surface area (Å²) < 4.78 is 1.03. The lowest BCUT2D eigenvalue weighted by molar-refractivity contribution is -0.123. The zero-order valence-electron chi connectivity index (χ0n) is 9.53. The Morgan fingerprint density at radius 3 is 2.50 bits per heavy atom. The highest BCUT2D eigenvalue weighted by molar-refractivity contribution is 9.10. The van der Waals surface area contributed by atoms with E-state index in [9.17, 15) is 4.79 Å². The fourth-order valence-corrected chi connectivity index (χ4v) is 1.60. The highest BCUT2D eigenvalue weighted by atomic mass is 79.9. The highest BCUT2D eigenvalue weighted by Crippen LogP contribution is 2.16. The van der Waals surface area contributed by atoms with Crippen molar-refractivity contribution in [2.45, 2.75) is 32.4 Å². The van der Waals surface area contributed by atoms with E-state index in [0.717, 1.165) is 10.0 Å². The van der Waals surface area contributed by atoms with Crippen LogP contribution in [0.5, 0.6) is 0 Å². The molecule has 0 unspecified atom stereocenters. The van der Waals surface area contributed by atoms with Gasteiger partial charge in [-0.15, -0.1) is 0 Å². The molecule has 0 radical (unpaired) electrons. The van der Waals surface area contributed by atoms with Crippen molar-refractivity contribution in [1.29, 1.82) is 0 Å². The molecule has 1 amide bonds. The van der Waals surface area contributed by atoms with Gasteiger partial charge in [-0.3, -0.25) is 4.79 Å². The molecule has 0 heterocycles. The normalized spacial score (nSPS) is 14.2. The van der Waals surface area contributed by atoms with Crippen molar-refractivity contribution in [1.82, 2.24) is 5.32 Å². The molecule has 0 saturated carbocycles. The summed E-state index contributed by atoms with van der Waals surface area (Å²) in [5, 5.41) is 2.89. The molecule has 0 fully saturated rings. The average molecular weight is 285 g/mol. The van der Waals surface area contributed by atoms with Crippen molar-refractivity contribution in [3.63, 3.8) is 0 Å². The Balaban J connectivity index is 2.62. The van der Waals surface area contributed by atoms with E-state index in [4.69, 9.17) is 5.73 Å². The van der Waals surface area contributed by atoms with Gasteiger partial charge in [0.1, 0.15) is 0 Å². The molecule has 3 N–H and O–H groups in total. The number of nitrogens with one attached hydrogen (secondary N) is 1. The number of rotatable bonds is 4. The average Bonchev–Trinajstić information content (AvgIpc) is 2.28. The first-order valence-corrected chi connectivity index (χ1v) is 6.15. The molecule has 1 aromatic carbocycles. The third-order valence-corrected chi connectivity index (χ3v) is 3.03. The van der Waals surface area contributed by atoms with Crippen LogP contribution in [0.3, 0.4) is 0 Å². The molecule has 0 bridgehead atoms. The largest absolute Gasteiger partial charge is 0.348 e. The smallest absolute Gasteiger partial charge is 0.237 e. The molecule has 0 aromatic heterocycles. The van der Waals surface area contributed by atoms with Crippen LogP contribution >= 0.6 is 15.9 Å². The SMILES string of the molecule is CC[C@H](N)C(=O)N[C@H](C)c1ccc(Br)cc1. The lowest BCUT2D eigenvalue weighted by Gasteiger charge is -2.17. The molecular formula is C12H17BrN2O. The van der Waals surface area contributed by atoms with E-state index in [-0.39, 0.29) is 11.9 Å². The van der Waals surface area contributed by atoms with Crippen LogP contribution in [0.15, 0.2) is 28.7 Å². The molecule has 0 aliphatic carbocycles. The Morgan fingerprint density at radius 1 is 1.44 bits per heavy atom. The van der Waals surface area contributed by atoms with Gasteiger partial charge in [-0.2, -0.15) is 0 Å². The van der Waals surface area contributed by atoms with Crippen LogP contribution in [-0.2, 0) is 4.79 Å². The van der Waals surface area contributed by atoms with Crippen molar-refractivity contribution in [2.75, 3.05) is 0 Å². The summed E-state index contributed by atoms with van der Waals surface area (Å²) in [5.74, 6) is -0.0991. The van der Waals surface area contributed by atoms with Gasteiger partial charge < -0.3 is 11.1 Å². The molecule has 0 aliphatic heterocycles. The standard InChI is InChI=1S/C12H17BrN2O/c1-3-11(14)12(16)15-8(2)9-4-6-10(13)7-5-9/h4-8,11H,3,14H2,1-2H3,(H,15,16)/t8-,11+/m1/s1. The maximum absolute atomic E-state index is 11.6. The van der Waals surface area contributed by atoms with Crippen molar-refractivity contribution in [2.24, 2.45) is 5.73 Å². The second-order valence-corrected chi connectivity index (χ2v) is 4.71. The monoisotopic (exact) mass is 284 g/mol. The van der Waals surface area contributed by atoms with Crippen LogP contribution < -0.4 is 11.1 Å². The fourth-order valence-electron chi connectivity index (χ4n) is 1.34. The minimum Gasteiger partial charge on any atom is -0.348 e. The van der Waals surface area contributed by atoms with Gasteiger partial charge in [-0.1, -0.05) is 35.0 Å². The number of carbonyl (C=O) groups excluding carboxylic acids is 1. The van der Waals surface area contributed by atoms with Gasteiger partial charge in [-0.05, 0) is 31.0 Å². The Bertz CT molecular complexity index is 351. The summed E-state index contributed by atoms with van der Waals surface area (Å²) in [4.78, 5) is 11.6. The quantitative estimate of drug-likeness (QED) is 0.892. The van der Waals surface area contributed by atoms with Crippen molar-refractivity contribution in [3.05, 3.63) is 34.3 Å². The first-order chi connectivity index (χ1) is 7.54. The number of hydrogen-bond acceptors (Lipinski definition) is 2. The minimum atomic E-state index is -0.419. The van der Waals surface area contributed by atoms with Gasteiger partial charge in [0.05, 0.1) is 12.1 Å². The van der Waals surface area contributed by atoms with E-state index in [1.54, 1.807) is 0 Å². The second kappa shape index (κ2) is 6.01. The number of benzene rings is 1. The van der Waals surface area contributed by atoms with Crippen LogP contribution in [0.4, 0.5) is 0 Å². The zero-order valence-corrected chi connectivity index (χ0v) is 11.1. The summed E-state index contributed by atoms with van der Waals surface area (Å²) in [5.41, 5.74) is 6.72. The zero-order chi connectivity index (χ0) is 12.1. The summed E-state index contributed by atoms with van der Waals surface area (Å²) in [6.07, 6.45) is 0.652. The molecule has 88 valence electrons. The van der Waals surface area contributed by atoms with Crippen LogP contribution in [0, 0.1) is 0 Å². The van der Waals surface area contributed by atoms with E-state index in [1.165, 1.54) is 0 Å². The maximum atomic E-state index is 11.6. The third-order valence-electron chi connectivity index (χ3n) is 2.51. The summed E-state index contributed by atoms with van der Waals surface area (Å²) in [6.45, 7) is 3.85. The van der Waals surface area contributed by atoms with Crippen molar-refractivity contribution < 1.29 is 4.79 Å². The molecule has 0 saturated heterocycles. The van der Waals surface area contributed by atoms with Gasteiger partial charge in [-0.25, -0.2) is 0 Å². The van der Waals surface area contributed by atoms with Crippen LogP contribution in [-0.4, -0.2) is 11.9 Å². The van der Waals surface area contributed by atoms with Crippen molar-refractivity contribution in [3.8, 4) is 0 Å². The minimum absolute atomic E-state index is 0.0156. The van der Waals surface area contributed by atoms with Gasteiger partial charge in [0.25, 0.3) is 0 Å². The molecule has 0 spiro atoms. The molecule has 4 heteroatoms. The topological polar surface area (TPSA) is 55.1 Å². The van der Waals surface area contributed by atoms with E-state index in [0.29, 0.717) is 6.42 Å². The lowest BCUT2D eigenvalue weighted by Crippen LogP contribution is -2.41. The Hall–Kier alpha value is -0.870. The predicted octanol–water partition coefficient (Wildman–Crippen LogP) is 2.36. The van der Waals surface area contributed by atoms with Gasteiger partial charge in [0, 0.05) is 4.47 Å². The van der Waals surface area contributed by atoms with Crippen LogP contribution in [0.2, 0.25) is 0 Å². The van der Waals surface area contributed by atoms with E-state index >= 15 is 0 Å². The molecule has 2 atom stereocenters. The van der Waals surface area contributed by atoms with Crippen molar-refractivity contribution >= 4 is 21.8 Å². The van der Waals surface area contributed by atoms with E-state index < -0.39 is 6.04 Å². The number of hydrogen-bond donors (Lipinski definition) is 2. The number of nitrogens with two attached hydrogens (primary N) is 1. The summed E-state index contributed by atoms with van der Waals surface area (Å²) in [6, 6.07) is 7.44. The van der Waals surface area contributed by atoms with Gasteiger partial charge in [0.2, 0.25) is 5.91 Å². The molecular weight excluding hydrogens is 268 g/mol. The number of carbonyl (C=O) groups is 1. The molecule has 3 nitrogen and oxygen atoms in total. The Labute approximate surface area is 105 Å². The molecule has 0 aliphatic rings. The first kappa shape index (κ1) is 13.2. The molecule has 1 aromatic rings. The first-order valence-electron chi connectivity index (χ1n) is 5.36. The van der Waals surface area contributed by atoms with Gasteiger partial charge >= 0.3 is 0 Å². The van der Waals surface area contributed by atoms with Gasteiger partial charge in [0.15, 0.2) is 0 Å². The predicted molar refractivity (Wildman–Crippen MR) is 69.0 cm³/mol. The Kier molecular flexibility index (Phi) is 4.96. The molecule has 16 heavy (non-hydrogen) atoms. The van der Waals surface area contributed by atoms with Crippen LogP contribution in [0.1, 0.15) is 31.9 Å². The molecule has 1 rings (SSSR count). The third kappa shape index (κ3) is 3.61. The Morgan fingerprint density at radius 2 is 2.00 bits per heavy atom. The van der Waals surface area contributed by atoms with Crippen LogP contribution in [0.25, 0.3) is 0 Å². The maximum Gasteiger partial charge on any atom is 0.237 e. The summed E-state index contributed by atoms with van der Waals surface area (Å²) in [7, 11) is 0. The van der Waals surface area contributed by atoms with E-state index in [2.05, 4.69) is 21.2 Å². The second-order valence-electron chi connectivity index (χ2n) is 3.80. The lowest BCUT2D eigenvalue weighted by atomic mass is 10.1. The summed E-state index contributed by atoms with van der Waals surface area (Å²) >= 11 is 3.37. The highest BCUT2D eigenvalue weighted by Gasteiger charge is 2.14.